The van der Waals surface area contributed by atoms with Crippen LogP contribution in [0.15, 0.2) is 36.4 Å². The van der Waals surface area contributed by atoms with E-state index >= 15 is 0 Å². The molecule has 0 saturated carbocycles. The fourth-order valence-corrected chi connectivity index (χ4v) is 3.08. The minimum atomic E-state index is -0.974. The van der Waals surface area contributed by atoms with Gasteiger partial charge in [-0.2, -0.15) is 0 Å². The minimum absolute atomic E-state index is 0.194. The molecular formula is C19H19NO5. The predicted octanol–water partition coefficient (Wildman–Crippen LogP) is 2.60. The molecule has 1 amide bonds. The monoisotopic (exact) mass is 341 g/mol. The molecule has 1 N–H and O–H groups in total. The molecule has 2 aromatic rings. The van der Waals surface area contributed by atoms with Crippen LogP contribution in [0.4, 0.5) is 0 Å². The first-order valence-electron chi connectivity index (χ1n) is 7.90. The van der Waals surface area contributed by atoms with Crippen molar-refractivity contribution >= 4 is 11.9 Å². The molecule has 130 valence electrons. The first-order valence-corrected chi connectivity index (χ1v) is 7.90. The maximum absolute atomic E-state index is 13.0. The Labute approximate surface area is 145 Å². The summed E-state index contributed by atoms with van der Waals surface area (Å²) in [6, 6.07) is 10.3. The fourth-order valence-electron chi connectivity index (χ4n) is 3.08. The molecule has 1 aliphatic heterocycles. The number of rotatable bonds is 4. The van der Waals surface area contributed by atoms with Gasteiger partial charge in [0.15, 0.2) is 0 Å². The number of ether oxygens (including phenoxy) is 2. The second kappa shape index (κ2) is 6.84. The van der Waals surface area contributed by atoms with Crippen LogP contribution in [0.25, 0.3) is 0 Å². The number of carboxylic acid groups (broad SMARTS) is 1. The first kappa shape index (κ1) is 16.8. The third kappa shape index (κ3) is 3.15. The molecule has 6 nitrogen and oxygen atoms in total. The molecule has 0 aliphatic carbocycles. The number of aromatic carboxylic acids is 1. The molecule has 25 heavy (non-hydrogen) atoms. The molecule has 1 aliphatic rings. The molecule has 0 spiro atoms. The Morgan fingerprint density at radius 2 is 1.72 bits per heavy atom. The van der Waals surface area contributed by atoms with Crippen molar-refractivity contribution < 1.29 is 24.2 Å². The van der Waals surface area contributed by atoms with Gasteiger partial charge in [0.2, 0.25) is 0 Å². The van der Waals surface area contributed by atoms with Crippen molar-refractivity contribution in [3.8, 4) is 11.5 Å². The zero-order chi connectivity index (χ0) is 18.0. The molecule has 0 radical (unpaired) electrons. The highest BCUT2D eigenvalue weighted by Gasteiger charge is 2.27. The standard InChI is InChI=1S/C19H19NO5/c1-24-15-4-3-5-16(25-2)17(15)18(21)20-9-8-12-6-7-13(19(22)23)10-14(12)11-20/h3-7,10H,8-9,11H2,1-2H3,(H,22,23). The summed E-state index contributed by atoms with van der Waals surface area (Å²) < 4.78 is 10.6. The highest BCUT2D eigenvalue weighted by atomic mass is 16.5. The van der Waals surface area contributed by atoms with Gasteiger partial charge in [0.1, 0.15) is 17.1 Å². The highest BCUT2D eigenvalue weighted by molar-refractivity contribution is 6.00. The largest absolute Gasteiger partial charge is 0.496 e. The van der Waals surface area contributed by atoms with Gasteiger partial charge in [0.25, 0.3) is 5.91 Å². The van der Waals surface area contributed by atoms with E-state index in [9.17, 15) is 9.59 Å². The number of carbonyl (C=O) groups is 2. The number of amides is 1. The summed E-state index contributed by atoms with van der Waals surface area (Å²) >= 11 is 0. The normalized spacial score (nSPS) is 13.1. The topological polar surface area (TPSA) is 76.1 Å². The minimum Gasteiger partial charge on any atom is -0.496 e. The average Bonchev–Trinajstić information content (AvgIpc) is 2.65. The zero-order valence-corrected chi connectivity index (χ0v) is 14.1. The van der Waals surface area contributed by atoms with Crippen LogP contribution < -0.4 is 9.47 Å². The summed E-state index contributed by atoms with van der Waals surface area (Å²) in [5.74, 6) is -0.262. The van der Waals surface area contributed by atoms with Crippen molar-refractivity contribution in [1.29, 1.82) is 0 Å². The number of carbonyl (C=O) groups excluding carboxylic acids is 1. The quantitative estimate of drug-likeness (QED) is 0.925. The van der Waals surface area contributed by atoms with Crippen molar-refractivity contribution in [3.63, 3.8) is 0 Å². The number of hydrogen-bond donors (Lipinski definition) is 1. The number of carboxylic acids is 1. The molecular weight excluding hydrogens is 322 g/mol. The molecule has 0 atom stereocenters. The van der Waals surface area contributed by atoms with Crippen LogP contribution in [0.2, 0.25) is 0 Å². The van der Waals surface area contributed by atoms with E-state index < -0.39 is 5.97 Å². The van der Waals surface area contributed by atoms with Crippen LogP contribution >= 0.6 is 0 Å². The van der Waals surface area contributed by atoms with E-state index in [0.717, 1.165) is 11.1 Å². The van der Waals surface area contributed by atoms with Crippen LogP contribution in [0, 0.1) is 0 Å². The second-order valence-corrected chi connectivity index (χ2v) is 5.80. The Hall–Kier alpha value is -3.02. The van der Waals surface area contributed by atoms with E-state index in [0.29, 0.717) is 36.6 Å². The van der Waals surface area contributed by atoms with Gasteiger partial charge in [-0.3, -0.25) is 4.79 Å². The van der Waals surface area contributed by atoms with Crippen LogP contribution in [-0.2, 0) is 13.0 Å². The van der Waals surface area contributed by atoms with Gasteiger partial charge >= 0.3 is 5.97 Å². The van der Waals surface area contributed by atoms with Gasteiger partial charge in [0, 0.05) is 13.1 Å². The lowest BCUT2D eigenvalue weighted by Gasteiger charge is -2.30. The molecule has 1 heterocycles. The Morgan fingerprint density at radius 1 is 1.04 bits per heavy atom. The Kier molecular flexibility index (Phi) is 4.61. The maximum atomic E-state index is 13.0. The van der Waals surface area contributed by atoms with E-state index in [1.54, 1.807) is 35.2 Å². The summed E-state index contributed by atoms with van der Waals surface area (Å²) in [5.41, 5.74) is 2.53. The lowest BCUT2D eigenvalue weighted by molar-refractivity contribution is 0.0696. The van der Waals surface area contributed by atoms with Gasteiger partial charge in [0.05, 0.1) is 19.8 Å². The third-order valence-corrected chi connectivity index (χ3v) is 4.39. The van der Waals surface area contributed by atoms with Crippen LogP contribution in [0.5, 0.6) is 11.5 Å². The smallest absolute Gasteiger partial charge is 0.335 e. The van der Waals surface area contributed by atoms with Crippen molar-refractivity contribution in [2.75, 3.05) is 20.8 Å². The SMILES string of the molecule is COc1cccc(OC)c1C(=O)N1CCc2ccc(C(=O)O)cc2C1. The lowest BCUT2D eigenvalue weighted by atomic mass is 9.96. The van der Waals surface area contributed by atoms with Gasteiger partial charge < -0.3 is 19.5 Å². The Balaban J connectivity index is 1.93. The van der Waals surface area contributed by atoms with Gasteiger partial charge in [-0.1, -0.05) is 12.1 Å². The third-order valence-electron chi connectivity index (χ3n) is 4.39. The van der Waals surface area contributed by atoms with Crippen LogP contribution in [0.3, 0.4) is 0 Å². The molecule has 2 aromatic carbocycles. The molecule has 0 fully saturated rings. The molecule has 0 aromatic heterocycles. The summed E-state index contributed by atoms with van der Waals surface area (Å²) in [5, 5.41) is 9.16. The number of methoxy groups -OCH3 is 2. The van der Waals surface area contributed by atoms with Crippen molar-refractivity contribution in [3.05, 3.63) is 58.7 Å². The molecule has 0 saturated heterocycles. The van der Waals surface area contributed by atoms with E-state index in [-0.39, 0.29) is 11.5 Å². The summed E-state index contributed by atoms with van der Waals surface area (Å²) in [7, 11) is 3.02. The highest BCUT2D eigenvalue weighted by Crippen LogP contribution is 2.31. The predicted molar refractivity (Wildman–Crippen MR) is 91.4 cm³/mol. The molecule has 0 bridgehead atoms. The zero-order valence-electron chi connectivity index (χ0n) is 14.1. The van der Waals surface area contributed by atoms with Crippen LogP contribution in [0.1, 0.15) is 31.8 Å². The maximum Gasteiger partial charge on any atom is 0.335 e. The van der Waals surface area contributed by atoms with E-state index in [1.165, 1.54) is 14.2 Å². The Bertz CT molecular complexity index is 808. The summed E-state index contributed by atoms with van der Waals surface area (Å²) in [6.07, 6.45) is 0.679. The number of benzene rings is 2. The Morgan fingerprint density at radius 3 is 2.32 bits per heavy atom. The van der Waals surface area contributed by atoms with Gasteiger partial charge in [-0.15, -0.1) is 0 Å². The van der Waals surface area contributed by atoms with Gasteiger partial charge in [-0.05, 0) is 41.8 Å². The average molecular weight is 341 g/mol. The molecule has 3 rings (SSSR count). The summed E-state index contributed by atoms with van der Waals surface area (Å²) in [6.45, 7) is 0.913. The van der Waals surface area contributed by atoms with E-state index in [1.807, 2.05) is 6.07 Å². The molecule has 6 heteroatoms. The van der Waals surface area contributed by atoms with Gasteiger partial charge in [-0.25, -0.2) is 4.79 Å². The summed E-state index contributed by atoms with van der Waals surface area (Å²) in [4.78, 5) is 25.9. The van der Waals surface area contributed by atoms with Crippen molar-refractivity contribution in [2.45, 2.75) is 13.0 Å². The number of fused-ring (bicyclic) bond motifs is 1. The molecule has 0 unspecified atom stereocenters. The van der Waals surface area contributed by atoms with Crippen LogP contribution in [-0.4, -0.2) is 42.6 Å². The second-order valence-electron chi connectivity index (χ2n) is 5.80. The number of hydrogen-bond acceptors (Lipinski definition) is 4. The first-order chi connectivity index (χ1) is 12.0. The lowest BCUT2D eigenvalue weighted by Crippen LogP contribution is -2.36. The van der Waals surface area contributed by atoms with E-state index in [2.05, 4.69) is 0 Å². The fraction of sp³-hybridized carbons (Fsp3) is 0.263. The van der Waals surface area contributed by atoms with Crippen molar-refractivity contribution in [2.24, 2.45) is 0 Å². The van der Waals surface area contributed by atoms with E-state index in [4.69, 9.17) is 14.6 Å². The number of nitrogens with zero attached hydrogens (tertiary/aromatic N) is 1. The van der Waals surface area contributed by atoms with Crippen molar-refractivity contribution in [1.82, 2.24) is 4.90 Å².